The molecule has 0 radical (unpaired) electrons. The number of halogens is 3. The molecule has 1 N–H and O–H groups in total. The first-order valence-corrected chi connectivity index (χ1v) is 8.59. The Hall–Kier alpha value is -2.83. The first-order valence-electron chi connectivity index (χ1n) is 8.59. The highest BCUT2D eigenvalue weighted by Gasteiger charge is 2.30. The van der Waals surface area contributed by atoms with E-state index >= 15 is 0 Å². The van der Waals surface area contributed by atoms with Gasteiger partial charge < -0.3 is 10.2 Å². The molecule has 142 valence electrons. The summed E-state index contributed by atoms with van der Waals surface area (Å²) in [6.45, 7) is 2.62. The van der Waals surface area contributed by atoms with Gasteiger partial charge in [-0.15, -0.1) is 0 Å². The van der Waals surface area contributed by atoms with Crippen LogP contribution in [0.15, 0.2) is 48.5 Å². The minimum atomic E-state index is -4.46. The first kappa shape index (κ1) is 18.9. The third-order valence-corrected chi connectivity index (χ3v) is 4.63. The second-order valence-electron chi connectivity index (χ2n) is 6.55. The Morgan fingerprint density at radius 1 is 1.04 bits per heavy atom. The maximum atomic E-state index is 12.6. The second-order valence-corrected chi connectivity index (χ2v) is 6.55. The molecule has 1 atom stereocenters. The lowest BCUT2D eigenvalue weighted by molar-refractivity contribution is -0.137. The number of hydrogen-bond donors (Lipinski definition) is 1. The Balaban J connectivity index is 1.62. The predicted molar refractivity (Wildman–Crippen MR) is 93.9 cm³/mol. The number of alkyl halides is 3. The van der Waals surface area contributed by atoms with E-state index in [1.165, 1.54) is 5.56 Å². The van der Waals surface area contributed by atoms with Crippen LogP contribution < -0.4 is 5.32 Å². The SMILES string of the molecule is C[C@H](NC(=O)c1ccc(C(F)(F)F)cc1)C(=O)N1CCc2ccccc2C1. The summed E-state index contributed by atoms with van der Waals surface area (Å²) in [5, 5.41) is 2.56. The van der Waals surface area contributed by atoms with Crippen molar-refractivity contribution in [1.82, 2.24) is 10.2 Å². The van der Waals surface area contributed by atoms with Crippen LogP contribution in [0, 0.1) is 0 Å². The molecule has 2 aromatic rings. The van der Waals surface area contributed by atoms with Gasteiger partial charge in [-0.2, -0.15) is 13.2 Å². The molecule has 3 rings (SSSR count). The lowest BCUT2D eigenvalue weighted by Gasteiger charge is -2.31. The fraction of sp³-hybridized carbons (Fsp3) is 0.300. The number of amides is 2. The lowest BCUT2D eigenvalue weighted by Crippen LogP contribution is -2.48. The van der Waals surface area contributed by atoms with Crippen LogP contribution in [0.4, 0.5) is 13.2 Å². The molecule has 0 bridgehead atoms. The molecule has 1 heterocycles. The molecule has 1 aliphatic heterocycles. The number of hydrogen-bond acceptors (Lipinski definition) is 2. The molecule has 0 saturated heterocycles. The van der Waals surface area contributed by atoms with E-state index in [0.29, 0.717) is 13.1 Å². The molecular weight excluding hydrogens is 357 g/mol. The van der Waals surface area contributed by atoms with Gasteiger partial charge in [-0.25, -0.2) is 0 Å². The fourth-order valence-corrected chi connectivity index (χ4v) is 3.11. The lowest BCUT2D eigenvalue weighted by atomic mass is 9.99. The monoisotopic (exact) mass is 376 g/mol. The summed E-state index contributed by atoms with van der Waals surface area (Å²) in [5.74, 6) is -0.799. The van der Waals surface area contributed by atoms with Crippen molar-refractivity contribution in [2.75, 3.05) is 6.54 Å². The molecule has 0 saturated carbocycles. The van der Waals surface area contributed by atoms with Gasteiger partial charge in [-0.3, -0.25) is 9.59 Å². The number of nitrogens with zero attached hydrogens (tertiary/aromatic N) is 1. The van der Waals surface area contributed by atoms with E-state index in [9.17, 15) is 22.8 Å². The summed E-state index contributed by atoms with van der Waals surface area (Å²) in [4.78, 5) is 26.5. The van der Waals surface area contributed by atoms with Crippen molar-refractivity contribution in [3.05, 3.63) is 70.8 Å². The van der Waals surface area contributed by atoms with Crippen molar-refractivity contribution in [2.45, 2.75) is 32.1 Å². The van der Waals surface area contributed by atoms with Crippen LogP contribution in [0.2, 0.25) is 0 Å². The van der Waals surface area contributed by atoms with E-state index in [0.717, 1.165) is 36.2 Å². The van der Waals surface area contributed by atoms with Crippen LogP contribution in [0.25, 0.3) is 0 Å². The average molecular weight is 376 g/mol. The van der Waals surface area contributed by atoms with Crippen LogP contribution in [0.5, 0.6) is 0 Å². The number of carbonyl (C=O) groups is 2. The van der Waals surface area contributed by atoms with E-state index in [1.807, 2.05) is 24.3 Å². The molecule has 2 amide bonds. The van der Waals surface area contributed by atoms with Crippen LogP contribution in [-0.2, 0) is 23.9 Å². The molecule has 2 aromatic carbocycles. The quantitative estimate of drug-likeness (QED) is 0.893. The van der Waals surface area contributed by atoms with Crippen molar-refractivity contribution >= 4 is 11.8 Å². The molecule has 4 nitrogen and oxygen atoms in total. The molecule has 0 aromatic heterocycles. The normalized spacial score (nSPS) is 15.0. The standard InChI is InChI=1S/C20H19F3N2O2/c1-13(19(27)25-11-10-14-4-2-3-5-16(14)12-25)24-18(26)15-6-8-17(9-7-15)20(21,22)23/h2-9,13H,10-12H2,1H3,(H,24,26)/t13-/m0/s1. The van der Waals surface area contributed by atoms with Crippen molar-refractivity contribution in [2.24, 2.45) is 0 Å². The summed E-state index contributed by atoms with van der Waals surface area (Å²) < 4.78 is 37.8. The van der Waals surface area contributed by atoms with Crippen molar-refractivity contribution in [1.29, 1.82) is 0 Å². The summed E-state index contributed by atoms with van der Waals surface area (Å²) in [6.07, 6.45) is -3.70. The van der Waals surface area contributed by atoms with E-state index < -0.39 is 23.7 Å². The van der Waals surface area contributed by atoms with Gasteiger partial charge >= 0.3 is 6.18 Å². The second kappa shape index (κ2) is 7.42. The van der Waals surface area contributed by atoms with Crippen molar-refractivity contribution < 1.29 is 22.8 Å². The van der Waals surface area contributed by atoms with Gasteiger partial charge in [0.15, 0.2) is 0 Å². The number of fused-ring (bicyclic) bond motifs is 1. The summed E-state index contributed by atoms with van der Waals surface area (Å²) in [6, 6.07) is 11.0. The molecule has 27 heavy (non-hydrogen) atoms. The van der Waals surface area contributed by atoms with Crippen LogP contribution in [0.1, 0.15) is 34.0 Å². The van der Waals surface area contributed by atoms with E-state index in [2.05, 4.69) is 5.32 Å². The zero-order valence-electron chi connectivity index (χ0n) is 14.7. The summed E-state index contributed by atoms with van der Waals surface area (Å²) >= 11 is 0. The minimum Gasteiger partial charge on any atom is -0.341 e. The smallest absolute Gasteiger partial charge is 0.341 e. The summed E-state index contributed by atoms with van der Waals surface area (Å²) in [7, 11) is 0. The highest BCUT2D eigenvalue weighted by Crippen LogP contribution is 2.29. The Morgan fingerprint density at radius 3 is 2.30 bits per heavy atom. The zero-order valence-corrected chi connectivity index (χ0v) is 14.7. The molecule has 0 aliphatic carbocycles. The van der Waals surface area contributed by atoms with Gasteiger partial charge in [-0.05, 0) is 48.7 Å². The minimum absolute atomic E-state index is 0.0756. The van der Waals surface area contributed by atoms with Crippen molar-refractivity contribution in [3.63, 3.8) is 0 Å². The van der Waals surface area contributed by atoms with Gasteiger partial charge in [0.25, 0.3) is 5.91 Å². The highest BCUT2D eigenvalue weighted by atomic mass is 19.4. The van der Waals surface area contributed by atoms with Gasteiger partial charge in [0.1, 0.15) is 6.04 Å². The van der Waals surface area contributed by atoms with Gasteiger partial charge in [0.2, 0.25) is 5.91 Å². The van der Waals surface area contributed by atoms with Crippen LogP contribution >= 0.6 is 0 Å². The van der Waals surface area contributed by atoms with Gasteiger partial charge in [0, 0.05) is 18.7 Å². The van der Waals surface area contributed by atoms with Crippen LogP contribution in [0.3, 0.4) is 0 Å². The Kier molecular flexibility index (Phi) is 5.21. The molecule has 7 heteroatoms. The molecule has 0 unspecified atom stereocenters. The third-order valence-electron chi connectivity index (χ3n) is 4.63. The number of rotatable bonds is 3. The Morgan fingerprint density at radius 2 is 1.67 bits per heavy atom. The third kappa shape index (κ3) is 4.30. The predicted octanol–water partition coefficient (Wildman–Crippen LogP) is 3.41. The fourth-order valence-electron chi connectivity index (χ4n) is 3.11. The topological polar surface area (TPSA) is 49.4 Å². The summed E-state index contributed by atoms with van der Waals surface area (Å²) in [5.41, 5.74) is 1.54. The Labute approximate surface area is 155 Å². The Bertz CT molecular complexity index is 847. The van der Waals surface area contributed by atoms with Gasteiger partial charge in [-0.1, -0.05) is 24.3 Å². The molecular formula is C20H19F3N2O2. The zero-order chi connectivity index (χ0) is 19.6. The first-order chi connectivity index (χ1) is 12.8. The van der Waals surface area contributed by atoms with Crippen molar-refractivity contribution in [3.8, 4) is 0 Å². The average Bonchev–Trinajstić information content (AvgIpc) is 2.66. The molecule has 0 fully saturated rings. The van der Waals surface area contributed by atoms with Gasteiger partial charge in [0.05, 0.1) is 5.56 Å². The number of nitrogens with one attached hydrogen (secondary N) is 1. The van der Waals surface area contributed by atoms with E-state index in [4.69, 9.17) is 0 Å². The highest BCUT2D eigenvalue weighted by molar-refractivity contribution is 5.97. The number of benzene rings is 2. The maximum Gasteiger partial charge on any atom is 0.416 e. The van der Waals surface area contributed by atoms with E-state index in [1.54, 1.807) is 11.8 Å². The molecule has 0 spiro atoms. The largest absolute Gasteiger partial charge is 0.416 e. The maximum absolute atomic E-state index is 12.6. The number of carbonyl (C=O) groups excluding carboxylic acids is 2. The molecule has 1 aliphatic rings. The van der Waals surface area contributed by atoms with E-state index in [-0.39, 0.29) is 11.5 Å². The van der Waals surface area contributed by atoms with Crippen LogP contribution in [-0.4, -0.2) is 29.3 Å².